The zero-order valence-corrected chi connectivity index (χ0v) is 17.4. The minimum atomic E-state index is -3.35. The van der Waals surface area contributed by atoms with Crippen LogP contribution in [0.2, 0.25) is 0 Å². The normalized spacial score (nSPS) is 11.5. The molecule has 2 aromatic rings. The van der Waals surface area contributed by atoms with Crippen molar-refractivity contribution in [1.29, 1.82) is 0 Å². The average Bonchev–Trinajstić information content (AvgIpc) is 2.69. The number of hydrogen-bond acceptors (Lipinski definition) is 4. The van der Waals surface area contributed by atoms with E-state index in [1.165, 1.54) is 10.6 Å². The van der Waals surface area contributed by atoms with Gasteiger partial charge < -0.3 is 5.11 Å². The molecule has 1 N–H and O–H groups in total. The molecule has 0 bridgehead atoms. The lowest BCUT2D eigenvalue weighted by Gasteiger charge is -2.20. The summed E-state index contributed by atoms with van der Waals surface area (Å²) in [6, 6.07) is 14.9. The molecule has 0 unspecified atom stereocenters. The second-order valence-corrected chi connectivity index (χ2v) is 9.04. The van der Waals surface area contributed by atoms with Gasteiger partial charge in [-0.05, 0) is 29.5 Å². The van der Waals surface area contributed by atoms with E-state index in [9.17, 15) is 18.0 Å². The first kappa shape index (κ1) is 22.8. The van der Waals surface area contributed by atoms with Gasteiger partial charge in [-0.1, -0.05) is 61.4 Å². The first-order valence-electron chi connectivity index (χ1n) is 9.61. The number of carboxylic acid groups (broad SMARTS) is 1. The summed E-state index contributed by atoms with van der Waals surface area (Å²) < 4.78 is 25.7. The fraction of sp³-hybridized carbons (Fsp3) is 0.364. The van der Waals surface area contributed by atoms with Crippen LogP contribution in [0.25, 0.3) is 11.1 Å². The number of unbranched alkanes of at least 4 members (excludes halogenated alkanes) is 3. The Morgan fingerprint density at radius 3 is 2.28 bits per heavy atom. The largest absolute Gasteiger partial charge is 0.481 e. The van der Waals surface area contributed by atoms with Crippen molar-refractivity contribution in [3.63, 3.8) is 0 Å². The molecule has 0 aliphatic carbocycles. The number of carboxylic acids is 1. The molecular weight excluding hydrogens is 390 g/mol. The van der Waals surface area contributed by atoms with E-state index in [0.717, 1.165) is 35.8 Å². The van der Waals surface area contributed by atoms with Crippen molar-refractivity contribution in [2.24, 2.45) is 0 Å². The fourth-order valence-corrected chi connectivity index (χ4v) is 3.98. The molecule has 0 radical (unpaired) electrons. The molecule has 0 heterocycles. The van der Waals surface area contributed by atoms with Gasteiger partial charge in [0.15, 0.2) is 6.29 Å². The van der Waals surface area contributed by atoms with Crippen molar-refractivity contribution in [3.8, 4) is 11.1 Å². The van der Waals surface area contributed by atoms with Gasteiger partial charge in [0, 0.05) is 25.1 Å². The lowest BCUT2D eigenvalue weighted by Crippen LogP contribution is -2.30. The molecule has 156 valence electrons. The Kier molecular flexibility index (Phi) is 8.54. The zero-order chi connectivity index (χ0) is 21.3. The van der Waals surface area contributed by atoms with E-state index >= 15 is 0 Å². The third-order valence-electron chi connectivity index (χ3n) is 4.73. The maximum absolute atomic E-state index is 12.1. The second-order valence-electron chi connectivity index (χ2n) is 7.06. The number of benzene rings is 2. The van der Waals surface area contributed by atoms with Gasteiger partial charge in [-0.2, -0.15) is 4.31 Å². The minimum Gasteiger partial charge on any atom is -0.481 e. The Balaban J connectivity index is 1.99. The molecule has 0 aliphatic rings. The van der Waals surface area contributed by atoms with E-state index < -0.39 is 16.0 Å². The number of rotatable bonds is 12. The first-order chi connectivity index (χ1) is 13.8. The minimum absolute atomic E-state index is 0.148. The van der Waals surface area contributed by atoms with Crippen molar-refractivity contribution in [3.05, 3.63) is 59.7 Å². The second kappa shape index (κ2) is 10.9. The van der Waals surface area contributed by atoms with E-state index in [0.29, 0.717) is 24.9 Å². The highest BCUT2D eigenvalue weighted by Crippen LogP contribution is 2.23. The van der Waals surface area contributed by atoms with Crippen molar-refractivity contribution >= 4 is 22.3 Å². The van der Waals surface area contributed by atoms with E-state index in [1.54, 1.807) is 6.07 Å². The van der Waals surface area contributed by atoms with Crippen LogP contribution in [0.3, 0.4) is 0 Å². The predicted octanol–water partition coefficient (Wildman–Crippen LogP) is 3.96. The summed E-state index contributed by atoms with van der Waals surface area (Å²) in [7, 11) is -3.35. The van der Waals surface area contributed by atoms with Crippen LogP contribution >= 0.6 is 0 Å². The zero-order valence-electron chi connectivity index (χ0n) is 16.6. The summed E-state index contributed by atoms with van der Waals surface area (Å²) in [5.74, 6) is -0.804. The molecule has 0 saturated carbocycles. The van der Waals surface area contributed by atoms with Gasteiger partial charge in [-0.25, -0.2) is 8.42 Å². The van der Waals surface area contributed by atoms with Gasteiger partial charge in [0.05, 0.1) is 6.26 Å². The maximum Gasteiger partial charge on any atom is 0.303 e. The van der Waals surface area contributed by atoms with Gasteiger partial charge in [0.1, 0.15) is 0 Å². The molecule has 2 rings (SSSR count). The molecule has 0 aromatic heterocycles. The lowest BCUT2D eigenvalue weighted by atomic mass is 9.99. The highest BCUT2D eigenvalue weighted by atomic mass is 32.2. The van der Waals surface area contributed by atoms with Crippen molar-refractivity contribution < 1.29 is 23.1 Å². The Labute approximate surface area is 172 Å². The average molecular weight is 418 g/mol. The van der Waals surface area contributed by atoms with E-state index in [4.69, 9.17) is 5.11 Å². The van der Waals surface area contributed by atoms with Crippen molar-refractivity contribution in [1.82, 2.24) is 4.31 Å². The van der Waals surface area contributed by atoms with E-state index in [2.05, 4.69) is 0 Å². The Hall–Kier alpha value is -2.51. The van der Waals surface area contributed by atoms with Crippen LogP contribution in [-0.4, -0.2) is 42.9 Å². The lowest BCUT2D eigenvalue weighted by molar-refractivity contribution is -0.137. The third kappa shape index (κ3) is 7.44. The van der Waals surface area contributed by atoms with E-state index in [-0.39, 0.29) is 13.0 Å². The summed E-state index contributed by atoms with van der Waals surface area (Å²) in [4.78, 5) is 21.7. The number of aldehydes is 1. The quantitative estimate of drug-likeness (QED) is 0.417. The first-order valence-corrected chi connectivity index (χ1v) is 11.5. The van der Waals surface area contributed by atoms with Gasteiger partial charge in [0.2, 0.25) is 10.0 Å². The van der Waals surface area contributed by atoms with Crippen LogP contribution in [0.1, 0.15) is 48.0 Å². The van der Waals surface area contributed by atoms with Gasteiger partial charge in [0.25, 0.3) is 0 Å². The predicted molar refractivity (Wildman–Crippen MR) is 113 cm³/mol. The Morgan fingerprint density at radius 2 is 1.66 bits per heavy atom. The van der Waals surface area contributed by atoms with Crippen molar-refractivity contribution in [2.75, 3.05) is 12.8 Å². The molecule has 0 atom stereocenters. The molecule has 6 nitrogen and oxygen atoms in total. The summed E-state index contributed by atoms with van der Waals surface area (Å²) in [6.07, 6.45) is 5.04. The number of carbonyl (C=O) groups is 2. The molecule has 2 aromatic carbocycles. The summed E-state index contributed by atoms with van der Waals surface area (Å²) in [6.45, 7) is 0.686. The SMILES string of the molecule is CS(=O)(=O)N(CCCCCCC(=O)O)Cc1ccc(-c2ccccc2C=O)cc1. The molecule has 29 heavy (non-hydrogen) atoms. The van der Waals surface area contributed by atoms with Gasteiger partial charge >= 0.3 is 5.97 Å². The van der Waals surface area contributed by atoms with Crippen molar-refractivity contribution in [2.45, 2.75) is 38.6 Å². The summed E-state index contributed by atoms with van der Waals surface area (Å²) in [5.41, 5.74) is 3.23. The highest BCUT2D eigenvalue weighted by molar-refractivity contribution is 7.88. The Bertz CT molecular complexity index is 922. The van der Waals surface area contributed by atoms with Crippen LogP contribution in [0.15, 0.2) is 48.5 Å². The van der Waals surface area contributed by atoms with Gasteiger partial charge in [-0.3, -0.25) is 9.59 Å². The standard InChI is InChI=1S/C22H27NO5S/c1-29(27,28)23(15-7-3-2-4-10-22(25)26)16-18-11-13-19(14-12-18)21-9-6-5-8-20(21)17-24/h5-6,8-9,11-14,17H,2-4,7,10,15-16H2,1H3,(H,25,26). The fourth-order valence-electron chi connectivity index (χ4n) is 3.14. The third-order valence-corrected chi connectivity index (χ3v) is 5.98. The van der Waals surface area contributed by atoms with E-state index in [1.807, 2.05) is 42.5 Å². The smallest absolute Gasteiger partial charge is 0.303 e. The number of sulfonamides is 1. The monoisotopic (exact) mass is 417 g/mol. The number of carbonyl (C=O) groups excluding carboxylic acids is 1. The topological polar surface area (TPSA) is 91.8 Å². The van der Waals surface area contributed by atoms with Crippen LogP contribution in [0, 0.1) is 0 Å². The van der Waals surface area contributed by atoms with Crippen LogP contribution in [0.5, 0.6) is 0 Å². The van der Waals surface area contributed by atoms with Crippen LogP contribution < -0.4 is 0 Å². The Morgan fingerprint density at radius 1 is 1.00 bits per heavy atom. The van der Waals surface area contributed by atoms with Gasteiger partial charge in [-0.15, -0.1) is 0 Å². The maximum atomic E-state index is 12.1. The number of hydrogen-bond donors (Lipinski definition) is 1. The highest BCUT2D eigenvalue weighted by Gasteiger charge is 2.16. The van der Waals surface area contributed by atoms with Crippen LogP contribution in [-0.2, 0) is 21.4 Å². The number of aliphatic carboxylic acids is 1. The molecular formula is C22H27NO5S. The summed E-state index contributed by atoms with van der Waals surface area (Å²) in [5, 5.41) is 8.65. The molecule has 0 aliphatic heterocycles. The molecule has 0 amide bonds. The molecule has 7 heteroatoms. The van der Waals surface area contributed by atoms with Crippen LogP contribution in [0.4, 0.5) is 0 Å². The number of nitrogens with zero attached hydrogens (tertiary/aromatic N) is 1. The molecule has 0 spiro atoms. The molecule has 0 saturated heterocycles. The summed E-state index contributed by atoms with van der Waals surface area (Å²) >= 11 is 0. The molecule has 0 fully saturated rings.